The third-order valence-corrected chi connectivity index (χ3v) is 5.71. The van der Waals surface area contributed by atoms with E-state index in [1.54, 1.807) is 28.8 Å². The zero-order valence-electron chi connectivity index (χ0n) is 17.8. The number of rotatable bonds is 4. The van der Waals surface area contributed by atoms with E-state index < -0.39 is 5.91 Å². The van der Waals surface area contributed by atoms with Crippen LogP contribution in [-0.4, -0.2) is 27.2 Å². The molecule has 3 heterocycles. The number of fused-ring (bicyclic) bond motifs is 3. The van der Waals surface area contributed by atoms with Gasteiger partial charge in [-0.2, -0.15) is 0 Å². The Balaban J connectivity index is 1.49. The van der Waals surface area contributed by atoms with Crippen LogP contribution in [0.15, 0.2) is 66.7 Å². The fraction of sp³-hybridized carbons (Fsp3) is 0.0800. The van der Waals surface area contributed by atoms with Crippen molar-refractivity contribution < 1.29 is 18.7 Å². The van der Waals surface area contributed by atoms with Gasteiger partial charge in [-0.25, -0.2) is 14.4 Å². The number of carbonyl (C=O) groups excluding carboxylic acids is 1. The van der Waals surface area contributed by atoms with E-state index >= 15 is 0 Å². The van der Waals surface area contributed by atoms with Crippen LogP contribution in [0.4, 0.5) is 10.2 Å². The van der Waals surface area contributed by atoms with Crippen LogP contribution in [0.25, 0.3) is 27.9 Å². The fourth-order valence-corrected chi connectivity index (χ4v) is 4.04. The van der Waals surface area contributed by atoms with Crippen molar-refractivity contribution in [2.24, 2.45) is 0 Å². The average Bonchev–Trinajstić information content (AvgIpc) is 3.43. The first-order chi connectivity index (χ1) is 16.6. The van der Waals surface area contributed by atoms with Crippen molar-refractivity contribution in [2.45, 2.75) is 6.54 Å². The van der Waals surface area contributed by atoms with Gasteiger partial charge in [0.05, 0.1) is 16.7 Å². The molecule has 5 aromatic rings. The Kier molecular flexibility index (Phi) is 4.54. The number of nitrogen functional groups attached to an aromatic ring is 1. The fourth-order valence-electron chi connectivity index (χ4n) is 4.04. The molecule has 3 aromatic carbocycles. The third-order valence-electron chi connectivity index (χ3n) is 5.71. The van der Waals surface area contributed by atoms with Crippen molar-refractivity contribution in [3.05, 3.63) is 83.7 Å². The van der Waals surface area contributed by atoms with Gasteiger partial charge < -0.3 is 20.5 Å². The van der Waals surface area contributed by atoms with Gasteiger partial charge in [0, 0.05) is 12.6 Å². The summed E-state index contributed by atoms with van der Waals surface area (Å²) >= 11 is 0. The van der Waals surface area contributed by atoms with Crippen LogP contribution in [-0.2, 0) is 6.54 Å². The molecule has 3 N–H and O–H groups in total. The molecular formula is C25H18FN5O3. The molecule has 168 valence electrons. The number of anilines is 1. The number of carbonyl (C=O) groups is 1. The Morgan fingerprint density at radius 1 is 1.00 bits per heavy atom. The number of nitrogens with two attached hydrogens (primary N) is 1. The number of benzene rings is 3. The van der Waals surface area contributed by atoms with Crippen molar-refractivity contribution >= 4 is 33.9 Å². The molecule has 0 unspecified atom stereocenters. The molecule has 0 atom stereocenters. The second kappa shape index (κ2) is 7.73. The normalized spacial score (nSPS) is 12.4. The van der Waals surface area contributed by atoms with Crippen molar-refractivity contribution in [2.75, 3.05) is 12.5 Å². The Labute approximate surface area is 192 Å². The van der Waals surface area contributed by atoms with E-state index in [4.69, 9.17) is 25.2 Å². The zero-order chi connectivity index (χ0) is 23.2. The summed E-state index contributed by atoms with van der Waals surface area (Å²) in [6, 6.07) is 18.7. The molecule has 0 saturated carbocycles. The number of amides is 1. The predicted octanol–water partition coefficient (Wildman–Crippen LogP) is 3.95. The van der Waals surface area contributed by atoms with Crippen LogP contribution in [0.1, 0.15) is 15.9 Å². The lowest BCUT2D eigenvalue weighted by atomic mass is 10.2. The molecule has 0 spiro atoms. The van der Waals surface area contributed by atoms with Crippen LogP contribution in [0.3, 0.4) is 0 Å². The molecule has 8 nitrogen and oxygen atoms in total. The minimum Gasteiger partial charge on any atom is -0.454 e. The molecular weight excluding hydrogens is 437 g/mol. The van der Waals surface area contributed by atoms with Crippen LogP contribution in [0.5, 0.6) is 11.5 Å². The third kappa shape index (κ3) is 3.25. The lowest BCUT2D eigenvalue weighted by Crippen LogP contribution is -2.24. The number of para-hydroxylation sites is 2. The van der Waals surface area contributed by atoms with Gasteiger partial charge in [0.2, 0.25) is 6.79 Å². The molecule has 0 saturated heterocycles. The maximum absolute atomic E-state index is 13.3. The van der Waals surface area contributed by atoms with Gasteiger partial charge in [0.25, 0.3) is 5.91 Å². The summed E-state index contributed by atoms with van der Waals surface area (Å²) in [5.74, 6) is 0.660. The Bertz CT molecular complexity index is 1580. The van der Waals surface area contributed by atoms with Gasteiger partial charge in [0.15, 0.2) is 17.1 Å². The first-order valence-electron chi connectivity index (χ1n) is 10.6. The maximum Gasteiger partial charge on any atom is 0.257 e. The van der Waals surface area contributed by atoms with E-state index in [1.165, 1.54) is 12.1 Å². The SMILES string of the molecule is Nc1c(C(=O)NCc2ccc(F)cc2)c2nc3ccccc3nc2n1-c1ccc2c(c1)OCO2. The molecule has 9 heteroatoms. The lowest BCUT2D eigenvalue weighted by molar-refractivity contribution is 0.0953. The Morgan fingerprint density at radius 3 is 2.53 bits per heavy atom. The second-order valence-corrected chi connectivity index (χ2v) is 7.83. The van der Waals surface area contributed by atoms with Gasteiger partial charge in [0.1, 0.15) is 22.7 Å². The number of nitrogens with zero attached hydrogens (tertiary/aromatic N) is 3. The number of aromatic nitrogens is 3. The van der Waals surface area contributed by atoms with E-state index in [0.29, 0.717) is 39.4 Å². The minimum atomic E-state index is -0.407. The summed E-state index contributed by atoms with van der Waals surface area (Å²) in [7, 11) is 0. The van der Waals surface area contributed by atoms with Crippen LogP contribution in [0.2, 0.25) is 0 Å². The highest BCUT2D eigenvalue weighted by Gasteiger charge is 2.26. The molecule has 34 heavy (non-hydrogen) atoms. The summed E-state index contributed by atoms with van der Waals surface area (Å²) in [5.41, 5.74) is 10.3. The largest absolute Gasteiger partial charge is 0.454 e. The van der Waals surface area contributed by atoms with E-state index in [9.17, 15) is 9.18 Å². The Morgan fingerprint density at radius 2 is 1.74 bits per heavy atom. The molecule has 2 aromatic heterocycles. The molecule has 0 fully saturated rings. The molecule has 0 aliphatic carbocycles. The van der Waals surface area contributed by atoms with Crippen molar-refractivity contribution in [3.63, 3.8) is 0 Å². The molecule has 0 bridgehead atoms. The zero-order valence-corrected chi connectivity index (χ0v) is 17.8. The molecule has 0 radical (unpaired) electrons. The van der Waals surface area contributed by atoms with Crippen LogP contribution in [0, 0.1) is 5.82 Å². The Hall–Kier alpha value is -4.66. The van der Waals surface area contributed by atoms with Gasteiger partial charge in [-0.05, 0) is 42.0 Å². The van der Waals surface area contributed by atoms with Crippen molar-refractivity contribution in [1.29, 1.82) is 0 Å². The van der Waals surface area contributed by atoms with Gasteiger partial charge in [-0.1, -0.05) is 24.3 Å². The summed E-state index contributed by atoms with van der Waals surface area (Å²) in [6.45, 7) is 0.346. The number of nitrogens with one attached hydrogen (secondary N) is 1. The van der Waals surface area contributed by atoms with Crippen molar-refractivity contribution in [1.82, 2.24) is 19.9 Å². The smallest absolute Gasteiger partial charge is 0.257 e. The number of hydrogen-bond donors (Lipinski definition) is 2. The summed E-state index contributed by atoms with van der Waals surface area (Å²) < 4.78 is 25.8. The van der Waals surface area contributed by atoms with Crippen LogP contribution >= 0.6 is 0 Å². The van der Waals surface area contributed by atoms with E-state index in [2.05, 4.69) is 5.32 Å². The van der Waals surface area contributed by atoms with Gasteiger partial charge in [-0.3, -0.25) is 9.36 Å². The highest BCUT2D eigenvalue weighted by atomic mass is 19.1. The van der Waals surface area contributed by atoms with E-state index in [1.807, 2.05) is 30.3 Å². The summed E-state index contributed by atoms with van der Waals surface area (Å²) in [6.07, 6.45) is 0. The number of hydrogen-bond acceptors (Lipinski definition) is 6. The topological polar surface area (TPSA) is 104 Å². The standard InChI is InChI=1S/C25H18FN5O3/c26-15-7-5-14(6-8-15)12-28-25(32)21-22-24(30-18-4-2-1-3-17(18)29-22)31(23(21)27)16-9-10-19-20(11-16)34-13-33-19/h1-11H,12-13,27H2,(H,28,32). The maximum atomic E-state index is 13.3. The van der Waals surface area contributed by atoms with E-state index in [-0.39, 0.29) is 30.5 Å². The first kappa shape index (κ1) is 20.0. The van der Waals surface area contributed by atoms with Gasteiger partial charge >= 0.3 is 0 Å². The van der Waals surface area contributed by atoms with Gasteiger partial charge in [-0.15, -0.1) is 0 Å². The molecule has 1 amide bonds. The lowest BCUT2D eigenvalue weighted by Gasteiger charge is -2.09. The van der Waals surface area contributed by atoms with Crippen LogP contribution < -0.4 is 20.5 Å². The highest BCUT2D eigenvalue weighted by Crippen LogP contribution is 2.37. The molecule has 1 aliphatic rings. The number of halogens is 1. The average molecular weight is 455 g/mol. The second-order valence-electron chi connectivity index (χ2n) is 7.83. The van der Waals surface area contributed by atoms with E-state index in [0.717, 1.165) is 5.56 Å². The van der Waals surface area contributed by atoms with Crippen molar-refractivity contribution in [3.8, 4) is 17.2 Å². The monoisotopic (exact) mass is 455 g/mol. The quantitative estimate of drug-likeness (QED) is 0.425. The molecule has 6 rings (SSSR count). The predicted molar refractivity (Wildman–Crippen MR) is 124 cm³/mol. The highest BCUT2D eigenvalue weighted by molar-refractivity contribution is 6.11. The first-order valence-corrected chi connectivity index (χ1v) is 10.6. The summed E-state index contributed by atoms with van der Waals surface area (Å²) in [5, 5.41) is 2.86. The summed E-state index contributed by atoms with van der Waals surface area (Å²) in [4.78, 5) is 22.8. The molecule has 1 aliphatic heterocycles. The number of ether oxygens (including phenoxy) is 2. The minimum absolute atomic E-state index is 0.141.